The smallest absolute Gasteiger partial charge is 0.497 e. The molecule has 0 unspecified atom stereocenters. The Labute approximate surface area is 311 Å². The molecule has 0 amide bonds. The summed E-state index contributed by atoms with van der Waals surface area (Å²) in [7, 11) is 0. The first-order valence-electron chi connectivity index (χ1n) is 17.0. The second kappa shape index (κ2) is 11.4. The number of imidazole rings is 2. The summed E-state index contributed by atoms with van der Waals surface area (Å²) in [6, 6.07) is 49.0. The van der Waals surface area contributed by atoms with E-state index in [1.54, 1.807) is 0 Å². The van der Waals surface area contributed by atoms with Gasteiger partial charge in [0, 0.05) is 23.2 Å². The Morgan fingerprint density at radius 1 is 0.538 bits per heavy atom. The van der Waals surface area contributed by atoms with Crippen molar-refractivity contribution in [3.05, 3.63) is 151 Å². The van der Waals surface area contributed by atoms with Gasteiger partial charge in [0.1, 0.15) is 0 Å². The normalized spacial score (nSPS) is 11.9. The second-order valence-corrected chi connectivity index (χ2v) is 13.2. The summed E-state index contributed by atoms with van der Waals surface area (Å²) in [5.41, 5.74) is 13.5. The van der Waals surface area contributed by atoms with Crippen molar-refractivity contribution in [1.29, 1.82) is 0 Å². The molecule has 0 aliphatic rings. The molecule has 5 heterocycles. The number of pyridine rings is 3. The predicted molar refractivity (Wildman–Crippen MR) is 206 cm³/mol. The van der Waals surface area contributed by atoms with Crippen molar-refractivity contribution in [3.8, 4) is 22.6 Å². The minimum atomic E-state index is 0. The van der Waals surface area contributed by atoms with Gasteiger partial charge in [-0.05, 0) is 84.0 Å². The maximum atomic E-state index is 6.61. The molecule has 0 aliphatic carbocycles. The van der Waals surface area contributed by atoms with Gasteiger partial charge in [-0.2, -0.15) is 0 Å². The standard InChI is InChI=1S/C45H27N5O.Pd/c1-26-10-7-11-27(2)41(26)32-12-8-17-39-42(32)30-21-19-28(24-33(30)44-47-35-13-3-5-15-37(35)49(39)44)51-29-20-22-31-34(25-29)45-48-36-14-4-6-16-38(36)50(45)40-18-9-23-46-43(31)40;/h3-23H,1-2H3;/q-2;+2. The van der Waals surface area contributed by atoms with E-state index in [4.69, 9.17) is 19.7 Å². The third kappa shape index (κ3) is 4.30. The van der Waals surface area contributed by atoms with Gasteiger partial charge in [0.2, 0.25) is 0 Å². The Kier molecular flexibility index (Phi) is 6.75. The van der Waals surface area contributed by atoms with E-state index >= 15 is 0 Å². The molecule has 0 spiro atoms. The van der Waals surface area contributed by atoms with Crippen molar-refractivity contribution in [2.45, 2.75) is 13.8 Å². The fourth-order valence-electron chi connectivity index (χ4n) is 8.06. The Bertz CT molecular complexity index is 3250. The molecule has 0 saturated carbocycles. The van der Waals surface area contributed by atoms with E-state index in [-0.39, 0.29) is 20.4 Å². The van der Waals surface area contributed by atoms with Crippen LogP contribution in [-0.2, 0) is 20.4 Å². The zero-order chi connectivity index (χ0) is 33.8. The third-order valence-corrected chi connectivity index (χ3v) is 10.2. The van der Waals surface area contributed by atoms with E-state index in [9.17, 15) is 0 Å². The monoisotopic (exact) mass is 759 g/mol. The van der Waals surface area contributed by atoms with Crippen LogP contribution in [0, 0.1) is 26.0 Å². The first kappa shape index (κ1) is 30.7. The number of hydrogen-bond donors (Lipinski definition) is 0. The van der Waals surface area contributed by atoms with Crippen LogP contribution in [0.4, 0.5) is 0 Å². The van der Waals surface area contributed by atoms with Gasteiger partial charge in [0.05, 0.1) is 44.4 Å². The zero-order valence-electron chi connectivity index (χ0n) is 28.1. The molecule has 0 fully saturated rings. The van der Waals surface area contributed by atoms with Crippen molar-refractivity contribution in [1.82, 2.24) is 23.8 Å². The SMILES string of the molecule is Cc1cccc(C)c1-c1cccc2c1c1ccc(Oc3[c-]c4c(cc3)c3ncccc3n3c5ccccc5nc43)[c-]c1c1nc3ccccc3n21.[Pd+2]. The van der Waals surface area contributed by atoms with E-state index in [1.165, 1.54) is 22.3 Å². The number of nitrogens with zero attached hydrogens (tertiary/aromatic N) is 5. The number of fused-ring (bicyclic) bond motifs is 16. The molecule has 0 saturated heterocycles. The molecule has 0 bridgehead atoms. The number of rotatable bonds is 3. The molecule has 11 rings (SSSR count). The maximum absolute atomic E-state index is 6.61. The Morgan fingerprint density at radius 2 is 1.10 bits per heavy atom. The average Bonchev–Trinajstić information content (AvgIpc) is 3.75. The van der Waals surface area contributed by atoms with Crippen LogP contribution in [0.1, 0.15) is 11.1 Å². The van der Waals surface area contributed by atoms with E-state index in [0.29, 0.717) is 11.5 Å². The summed E-state index contributed by atoms with van der Waals surface area (Å²) >= 11 is 0. The molecule has 7 heteroatoms. The topological polar surface area (TPSA) is 56.7 Å². The molecule has 248 valence electrons. The van der Waals surface area contributed by atoms with Crippen molar-refractivity contribution >= 4 is 76.8 Å². The number of aromatic nitrogens is 5. The first-order valence-corrected chi connectivity index (χ1v) is 17.0. The molecule has 0 N–H and O–H groups in total. The fraction of sp³-hybridized carbons (Fsp3) is 0.0444. The summed E-state index contributed by atoms with van der Waals surface area (Å²) in [5, 5.41) is 4.95. The zero-order valence-corrected chi connectivity index (χ0v) is 29.6. The van der Waals surface area contributed by atoms with E-state index < -0.39 is 0 Å². The van der Waals surface area contributed by atoms with Crippen LogP contribution in [0.2, 0.25) is 0 Å². The van der Waals surface area contributed by atoms with Crippen molar-refractivity contribution in [2.75, 3.05) is 0 Å². The van der Waals surface area contributed by atoms with Gasteiger partial charge in [0.25, 0.3) is 0 Å². The maximum Gasteiger partial charge on any atom is 2.00 e. The van der Waals surface area contributed by atoms with E-state index in [1.807, 2.05) is 48.7 Å². The largest absolute Gasteiger partial charge is 2.00 e. The van der Waals surface area contributed by atoms with Crippen molar-refractivity contribution in [2.24, 2.45) is 0 Å². The molecule has 0 aliphatic heterocycles. The Morgan fingerprint density at radius 3 is 1.79 bits per heavy atom. The minimum absolute atomic E-state index is 0. The molecule has 6 nitrogen and oxygen atoms in total. The summed E-state index contributed by atoms with van der Waals surface area (Å²) in [4.78, 5) is 15.0. The summed E-state index contributed by atoms with van der Waals surface area (Å²) < 4.78 is 11.0. The van der Waals surface area contributed by atoms with Gasteiger partial charge in [0.15, 0.2) is 0 Å². The van der Waals surface area contributed by atoms with Gasteiger partial charge in [-0.25, -0.2) is 0 Å². The van der Waals surface area contributed by atoms with Crippen molar-refractivity contribution < 1.29 is 25.2 Å². The first-order chi connectivity index (χ1) is 25.1. The minimum Gasteiger partial charge on any atom is -0.497 e. The van der Waals surface area contributed by atoms with Crippen LogP contribution >= 0.6 is 0 Å². The van der Waals surface area contributed by atoms with Gasteiger partial charge in [-0.15, -0.1) is 12.1 Å². The van der Waals surface area contributed by atoms with Gasteiger partial charge in [-0.1, -0.05) is 100 Å². The molecule has 0 atom stereocenters. The average molecular weight is 760 g/mol. The summed E-state index contributed by atoms with van der Waals surface area (Å²) in [6.07, 6.45) is 1.83. The van der Waals surface area contributed by atoms with Crippen LogP contribution in [0.25, 0.3) is 88.0 Å². The van der Waals surface area contributed by atoms with Gasteiger partial charge >= 0.3 is 20.4 Å². The number of ether oxygens (including phenoxy) is 1. The van der Waals surface area contributed by atoms with Gasteiger partial charge < -0.3 is 13.5 Å². The number of benzene rings is 6. The molecule has 52 heavy (non-hydrogen) atoms. The van der Waals surface area contributed by atoms with Crippen LogP contribution in [0.5, 0.6) is 11.5 Å². The number of para-hydroxylation sites is 4. The van der Waals surface area contributed by atoms with Crippen molar-refractivity contribution in [3.63, 3.8) is 0 Å². The quantitative estimate of drug-likeness (QED) is 0.102. The Balaban J connectivity index is 0.00000338. The molecule has 0 radical (unpaired) electrons. The third-order valence-electron chi connectivity index (χ3n) is 10.2. The van der Waals surface area contributed by atoms with Crippen LogP contribution in [0.15, 0.2) is 128 Å². The number of aryl methyl sites for hydroxylation is 2. The van der Waals surface area contributed by atoms with Gasteiger partial charge in [-0.3, -0.25) is 15.0 Å². The number of hydrogen-bond acceptors (Lipinski definition) is 4. The Hall–Kier alpha value is -6.13. The van der Waals surface area contributed by atoms with Crippen LogP contribution in [-0.4, -0.2) is 23.8 Å². The molecular formula is C45H27N5OPd. The van der Waals surface area contributed by atoms with E-state index in [0.717, 1.165) is 76.8 Å². The molecule has 6 aromatic carbocycles. The fourth-order valence-corrected chi connectivity index (χ4v) is 8.06. The van der Waals surface area contributed by atoms with Crippen LogP contribution in [0.3, 0.4) is 0 Å². The predicted octanol–water partition coefficient (Wildman–Crippen LogP) is 11.0. The van der Waals surface area contributed by atoms with Crippen LogP contribution < -0.4 is 4.74 Å². The summed E-state index contributed by atoms with van der Waals surface area (Å²) in [6.45, 7) is 4.37. The molecular weight excluding hydrogens is 733 g/mol. The van der Waals surface area contributed by atoms with E-state index in [2.05, 4.69) is 114 Å². The summed E-state index contributed by atoms with van der Waals surface area (Å²) in [5.74, 6) is 1.16. The second-order valence-electron chi connectivity index (χ2n) is 13.2. The molecule has 11 aromatic rings. The molecule has 5 aromatic heterocycles.